The minimum absolute atomic E-state index is 0.0609. The number of likely N-dealkylation sites (N-methyl/N-ethyl adjacent to an activating group) is 1. The van der Waals surface area contributed by atoms with Crippen LogP contribution in [0.4, 0.5) is 14.5 Å². The lowest BCUT2D eigenvalue weighted by Gasteiger charge is -2.21. The number of nitrogens with zero attached hydrogens (tertiary/aromatic N) is 2. The normalized spacial score (nSPS) is 12.0. The van der Waals surface area contributed by atoms with E-state index in [1.165, 1.54) is 6.07 Å². The average molecular weight is 349 g/mol. The van der Waals surface area contributed by atoms with Crippen LogP contribution in [0.1, 0.15) is 6.42 Å². The zero-order valence-electron chi connectivity index (χ0n) is 13.3. The zero-order valence-corrected chi connectivity index (χ0v) is 14.2. The van der Waals surface area contributed by atoms with E-state index in [1.54, 1.807) is 14.1 Å². The first-order chi connectivity index (χ1) is 10.6. The van der Waals surface area contributed by atoms with Crippen molar-refractivity contribution >= 4 is 21.6 Å². The maximum Gasteiger partial charge on any atom is 0.225 e. The SMILES string of the molecule is CN(C)CCN(CCC(=O)Nc1c(F)cccc1F)S(C)(=O)=O. The smallest absolute Gasteiger partial charge is 0.225 e. The number of amides is 1. The van der Waals surface area contributed by atoms with Crippen LogP contribution >= 0.6 is 0 Å². The van der Waals surface area contributed by atoms with Gasteiger partial charge in [-0.3, -0.25) is 4.79 Å². The number of rotatable bonds is 8. The van der Waals surface area contributed by atoms with Crippen LogP contribution in [-0.4, -0.2) is 63.5 Å². The van der Waals surface area contributed by atoms with Crippen LogP contribution in [0.2, 0.25) is 0 Å². The number of hydrogen-bond donors (Lipinski definition) is 1. The Morgan fingerprint density at radius 3 is 2.17 bits per heavy atom. The lowest BCUT2D eigenvalue weighted by molar-refractivity contribution is -0.116. The molecule has 23 heavy (non-hydrogen) atoms. The number of carbonyl (C=O) groups excluding carboxylic acids is 1. The van der Waals surface area contributed by atoms with Crippen molar-refractivity contribution in [3.63, 3.8) is 0 Å². The van der Waals surface area contributed by atoms with Gasteiger partial charge in [-0.05, 0) is 26.2 Å². The fourth-order valence-electron chi connectivity index (χ4n) is 1.80. The van der Waals surface area contributed by atoms with Crippen molar-refractivity contribution < 1.29 is 22.0 Å². The first-order valence-corrected chi connectivity index (χ1v) is 8.80. The largest absolute Gasteiger partial charge is 0.321 e. The summed E-state index contributed by atoms with van der Waals surface area (Å²) in [4.78, 5) is 13.6. The molecule has 0 aliphatic carbocycles. The number of sulfonamides is 1. The molecule has 0 aliphatic heterocycles. The number of anilines is 1. The molecule has 1 amide bonds. The van der Waals surface area contributed by atoms with Crippen LogP contribution < -0.4 is 5.32 Å². The van der Waals surface area contributed by atoms with E-state index in [1.807, 2.05) is 4.90 Å². The van der Waals surface area contributed by atoms with Crippen LogP contribution in [0, 0.1) is 11.6 Å². The van der Waals surface area contributed by atoms with E-state index in [0.29, 0.717) is 6.54 Å². The minimum Gasteiger partial charge on any atom is -0.321 e. The van der Waals surface area contributed by atoms with Gasteiger partial charge in [0.15, 0.2) is 0 Å². The summed E-state index contributed by atoms with van der Waals surface area (Å²) in [5.41, 5.74) is -0.531. The monoisotopic (exact) mass is 349 g/mol. The number of halogens is 2. The summed E-state index contributed by atoms with van der Waals surface area (Å²) >= 11 is 0. The standard InChI is InChI=1S/C14H21F2N3O3S/c1-18(2)9-10-19(23(3,21)22)8-7-13(20)17-14-11(15)5-4-6-12(14)16/h4-6H,7-10H2,1-3H3,(H,17,20). The first-order valence-electron chi connectivity index (χ1n) is 6.95. The highest BCUT2D eigenvalue weighted by molar-refractivity contribution is 7.88. The molecule has 1 aromatic rings. The van der Waals surface area contributed by atoms with Crippen molar-refractivity contribution in [1.82, 2.24) is 9.21 Å². The van der Waals surface area contributed by atoms with E-state index in [-0.39, 0.29) is 19.5 Å². The molecular formula is C14H21F2N3O3S. The summed E-state index contributed by atoms with van der Waals surface area (Å²) in [6.07, 6.45) is 0.853. The number of benzene rings is 1. The van der Waals surface area contributed by atoms with Crippen molar-refractivity contribution in [2.24, 2.45) is 0 Å². The fraction of sp³-hybridized carbons (Fsp3) is 0.500. The number of carbonyl (C=O) groups is 1. The van der Waals surface area contributed by atoms with Crippen LogP contribution in [0.25, 0.3) is 0 Å². The number of hydrogen-bond acceptors (Lipinski definition) is 4. The fourth-order valence-corrected chi connectivity index (χ4v) is 2.64. The Hall–Kier alpha value is -1.58. The Bertz CT molecular complexity index is 630. The molecule has 130 valence electrons. The molecule has 0 aromatic heterocycles. The van der Waals surface area contributed by atoms with Gasteiger partial charge in [-0.1, -0.05) is 6.07 Å². The van der Waals surface area contributed by atoms with Gasteiger partial charge < -0.3 is 10.2 Å². The number of para-hydroxylation sites is 1. The van der Waals surface area contributed by atoms with E-state index in [2.05, 4.69) is 5.32 Å². The van der Waals surface area contributed by atoms with E-state index >= 15 is 0 Å². The molecule has 0 heterocycles. The van der Waals surface area contributed by atoms with Crippen LogP contribution in [0.5, 0.6) is 0 Å². The molecule has 1 aromatic carbocycles. The minimum atomic E-state index is -3.47. The van der Waals surface area contributed by atoms with Gasteiger partial charge in [0, 0.05) is 26.1 Å². The highest BCUT2D eigenvalue weighted by atomic mass is 32.2. The second-order valence-electron chi connectivity index (χ2n) is 5.36. The van der Waals surface area contributed by atoms with E-state index in [9.17, 15) is 22.0 Å². The second kappa shape index (κ2) is 8.32. The van der Waals surface area contributed by atoms with Crippen molar-refractivity contribution in [3.8, 4) is 0 Å². The highest BCUT2D eigenvalue weighted by Gasteiger charge is 2.19. The van der Waals surface area contributed by atoms with Crippen molar-refractivity contribution in [3.05, 3.63) is 29.8 Å². The van der Waals surface area contributed by atoms with Gasteiger partial charge in [0.05, 0.1) is 6.26 Å². The summed E-state index contributed by atoms with van der Waals surface area (Å²) in [6, 6.07) is 3.24. The third-order valence-electron chi connectivity index (χ3n) is 3.08. The molecule has 0 spiro atoms. The van der Waals surface area contributed by atoms with Gasteiger partial charge in [0.2, 0.25) is 15.9 Å². The number of nitrogens with one attached hydrogen (secondary N) is 1. The Morgan fingerprint density at radius 2 is 1.70 bits per heavy atom. The molecule has 0 saturated heterocycles. The summed E-state index contributed by atoms with van der Waals surface area (Å²) in [7, 11) is 0.133. The maximum atomic E-state index is 13.4. The van der Waals surface area contributed by atoms with E-state index in [4.69, 9.17) is 0 Å². The van der Waals surface area contributed by atoms with Gasteiger partial charge in [-0.15, -0.1) is 0 Å². The van der Waals surface area contributed by atoms with E-state index in [0.717, 1.165) is 22.7 Å². The molecule has 0 radical (unpaired) electrons. The molecule has 9 heteroatoms. The Labute approximate surface area is 135 Å². The van der Waals surface area contributed by atoms with Crippen LogP contribution in [-0.2, 0) is 14.8 Å². The van der Waals surface area contributed by atoms with Crippen LogP contribution in [0.3, 0.4) is 0 Å². The second-order valence-corrected chi connectivity index (χ2v) is 7.34. The molecule has 6 nitrogen and oxygen atoms in total. The molecule has 0 unspecified atom stereocenters. The topological polar surface area (TPSA) is 69.7 Å². The van der Waals surface area contributed by atoms with E-state index < -0.39 is 33.3 Å². The van der Waals surface area contributed by atoms with Crippen LogP contribution in [0.15, 0.2) is 18.2 Å². The van der Waals surface area contributed by atoms with Gasteiger partial charge in [0.1, 0.15) is 17.3 Å². The summed E-state index contributed by atoms with van der Waals surface area (Å²) < 4.78 is 51.4. The predicted octanol–water partition coefficient (Wildman–Crippen LogP) is 1.12. The van der Waals surface area contributed by atoms with Gasteiger partial charge in [-0.25, -0.2) is 21.5 Å². The first kappa shape index (κ1) is 19.5. The highest BCUT2D eigenvalue weighted by Crippen LogP contribution is 2.18. The van der Waals surface area contributed by atoms with Crippen molar-refractivity contribution in [2.45, 2.75) is 6.42 Å². The average Bonchev–Trinajstić information content (AvgIpc) is 2.41. The van der Waals surface area contributed by atoms with Gasteiger partial charge in [0.25, 0.3) is 0 Å². The Morgan fingerprint density at radius 1 is 1.13 bits per heavy atom. The lowest BCUT2D eigenvalue weighted by atomic mass is 10.2. The van der Waals surface area contributed by atoms with Crippen molar-refractivity contribution in [1.29, 1.82) is 0 Å². The third kappa shape index (κ3) is 6.59. The van der Waals surface area contributed by atoms with Gasteiger partial charge in [-0.2, -0.15) is 0 Å². The quantitative estimate of drug-likeness (QED) is 0.763. The molecule has 0 bridgehead atoms. The lowest BCUT2D eigenvalue weighted by Crippen LogP contribution is -2.37. The Balaban J connectivity index is 2.65. The molecule has 0 saturated carbocycles. The van der Waals surface area contributed by atoms with Gasteiger partial charge >= 0.3 is 0 Å². The van der Waals surface area contributed by atoms with Crippen molar-refractivity contribution in [2.75, 3.05) is 45.3 Å². The summed E-state index contributed by atoms with van der Waals surface area (Å²) in [5, 5.41) is 2.13. The molecule has 1 N–H and O–H groups in total. The zero-order chi connectivity index (χ0) is 17.6. The third-order valence-corrected chi connectivity index (χ3v) is 4.38. The summed E-state index contributed by atoms with van der Waals surface area (Å²) in [5.74, 6) is -2.43. The Kier molecular flexibility index (Phi) is 7.04. The molecule has 1 rings (SSSR count). The molecular weight excluding hydrogens is 328 g/mol. The molecule has 0 fully saturated rings. The maximum absolute atomic E-state index is 13.4. The summed E-state index contributed by atoms with van der Waals surface area (Å²) in [6.45, 7) is 0.665. The predicted molar refractivity (Wildman–Crippen MR) is 84.6 cm³/mol. The molecule has 0 atom stereocenters. The molecule has 0 aliphatic rings.